The lowest BCUT2D eigenvalue weighted by atomic mass is 10.2. The number of hydrogen-bond acceptors (Lipinski definition) is 4. The van der Waals surface area contributed by atoms with Crippen LogP contribution in [0.3, 0.4) is 0 Å². The van der Waals surface area contributed by atoms with E-state index in [1.54, 1.807) is 12.3 Å². The molecular weight excluding hydrogens is 324 g/mol. The van der Waals surface area contributed by atoms with Crippen molar-refractivity contribution >= 4 is 29.1 Å². The van der Waals surface area contributed by atoms with Gasteiger partial charge in [-0.25, -0.2) is 9.97 Å². The molecule has 5 nitrogen and oxygen atoms in total. The summed E-state index contributed by atoms with van der Waals surface area (Å²) in [5.41, 5.74) is 2.25. The van der Waals surface area contributed by atoms with Gasteiger partial charge in [0.2, 0.25) is 5.95 Å². The summed E-state index contributed by atoms with van der Waals surface area (Å²) in [5.74, 6) is 0.325. The van der Waals surface area contributed by atoms with Crippen LogP contribution < -0.4 is 5.32 Å². The first kappa shape index (κ1) is 18.2. The molecule has 0 aliphatic rings. The summed E-state index contributed by atoms with van der Waals surface area (Å²) < 4.78 is 0. The zero-order valence-corrected chi connectivity index (χ0v) is 15.1. The van der Waals surface area contributed by atoms with Crippen LogP contribution >= 0.6 is 11.6 Å². The summed E-state index contributed by atoms with van der Waals surface area (Å²) >= 11 is 6.03. The van der Waals surface area contributed by atoms with Crippen LogP contribution in [0.1, 0.15) is 42.7 Å². The molecule has 0 radical (unpaired) electrons. The minimum Gasteiger partial charge on any atom is -0.337 e. The van der Waals surface area contributed by atoms with Gasteiger partial charge < -0.3 is 10.2 Å². The van der Waals surface area contributed by atoms with Gasteiger partial charge >= 0.3 is 0 Å². The van der Waals surface area contributed by atoms with E-state index in [-0.39, 0.29) is 5.91 Å². The molecule has 1 heterocycles. The molecule has 0 aliphatic heterocycles. The third-order valence-electron chi connectivity index (χ3n) is 3.60. The van der Waals surface area contributed by atoms with Gasteiger partial charge in [0.1, 0.15) is 5.69 Å². The number of carbonyl (C=O) groups excluding carboxylic acids is 1. The molecule has 0 fully saturated rings. The average molecular weight is 347 g/mol. The van der Waals surface area contributed by atoms with Crippen LogP contribution in [0.4, 0.5) is 11.6 Å². The minimum atomic E-state index is -0.0630. The third kappa shape index (κ3) is 4.68. The van der Waals surface area contributed by atoms with Crippen LogP contribution in [0.15, 0.2) is 30.5 Å². The van der Waals surface area contributed by atoms with Crippen molar-refractivity contribution in [3.05, 3.63) is 46.7 Å². The zero-order valence-electron chi connectivity index (χ0n) is 14.3. The third-order valence-corrected chi connectivity index (χ3v) is 3.83. The van der Waals surface area contributed by atoms with Gasteiger partial charge in [-0.3, -0.25) is 4.79 Å². The van der Waals surface area contributed by atoms with Crippen molar-refractivity contribution in [2.24, 2.45) is 0 Å². The lowest BCUT2D eigenvalue weighted by Crippen LogP contribution is -2.33. The van der Waals surface area contributed by atoms with E-state index >= 15 is 0 Å². The van der Waals surface area contributed by atoms with Gasteiger partial charge in [-0.1, -0.05) is 31.5 Å². The standard InChI is InChI=1S/C18H23ClN4O/c1-4-10-23(11-5-2)17(24)15-8-9-20-18(21-15)22-16-12-14(19)7-6-13(16)3/h6-9,12H,4-5,10-11H2,1-3H3,(H,20,21,22). The maximum atomic E-state index is 12.6. The molecule has 0 spiro atoms. The molecule has 0 saturated carbocycles. The van der Waals surface area contributed by atoms with Crippen LogP contribution in [0.2, 0.25) is 5.02 Å². The summed E-state index contributed by atoms with van der Waals surface area (Å²) in [7, 11) is 0. The Hall–Kier alpha value is -2.14. The second-order valence-corrected chi connectivity index (χ2v) is 6.08. The molecule has 2 aromatic rings. The Morgan fingerprint density at radius 3 is 2.58 bits per heavy atom. The second-order valence-electron chi connectivity index (χ2n) is 5.64. The molecule has 24 heavy (non-hydrogen) atoms. The number of hydrogen-bond donors (Lipinski definition) is 1. The van der Waals surface area contributed by atoms with Crippen molar-refractivity contribution in [2.75, 3.05) is 18.4 Å². The van der Waals surface area contributed by atoms with Crippen LogP contribution in [0.5, 0.6) is 0 Å². The highest BCUT2D eigenvalue weighted by atomic mass is 35.5. The summed E-state index contributed by atoms with van der Waals surface area (Å²) in [5, 5.41) is 3.77. The zero-order chi connectivity index (χ0) is 17.5. The first-order chi connectivity index (χ1) is 11.5. The van der Waals surface area contributed by atoms with Crippen molar-refractivity contribution in [1.29, 1.82) is 0 Å². The van der Waals surface area contributed by atoms with Crippen molar-refractivity contribution in [3.63, 3.8) is 0 Å². The van der Waals surface area contributed by atoms with Gasteiger partial charge in [0.15, 0.2) is 0 Å². The maximum Gasteiger partial charge on any atom is 0.272 e. The topological polar surface area (TPSA) is 58.1 Å². The first-order valence-corrected chi connectivity index (χ1v) is 8.58. The number of benzene rings is 1. The summed E-state index contributed by atoms with van der Waals surface area (Å²) in [6.07, 6.45) is 3.44. The minimum absolute atomic E-state index is 0.0630. The van der Waals surface area contributed by atoms with E-state index in [0.717, 1.165) is 37.2 Å². The first-order valence-electron chi connectivity index (χ1n) is 8.20. The Morgan fingerprint density at radius 1 is 1.21 bits per heavy atom. The SMILES string of the molecule is CCCN(CCC)C(=O)c1ccnc(Nc2cc(Cl)ccc2C)n1. The molecule has 2 rings (SSSR count). The molecule has 1 aromatic carbocycles. The van der Waals surface area contributed by atoms with Crippen LogP contribution in [-0.4, -0.2) is 33.9 Å². The van der Waals surface area contributed by atoms with E-state index in [0.29, 0.717) is 16.7 Å². The van der Waals surface area contributed by atoms with E-state index in [9.17, 15) is 4.79 Å². The van der Waals surface area contributed by atoms with Crippen LogP contribution in [-0.2, 0) is 0 Å². The molecule has 0 unspecified atom stereocenters. The second kappa shape index (κ2) is 8.64. The fourth-order valence-electron chi connectivity index (χ4n) is 2.40. The van der Waals surface area contributed by atoms with E-state index in [4.69, 9.17) is 11.6 Å². The molecule has 6 heteroatoms. The van der Waals surface area contributed by atoms with Gasteiger partial charge in [-0.2, -0.15) is 0 Å². The van der Waals surface area contributed by atoms with Gasteiger partial charge in [0.25, 0.3) is 5.91 Å². The average Bonchev–Trinajstić information content (AvgIpc) is 2.57. The normalized spacial score (nSPS) is 10.5. The molecule has 0 saturated heterocycles. The highest BCUT2D eigenvalue weighted by Gasteiger charge is 2.16. The quantitative estimate of drug-likeness (QED) is 0.805. The number of aryl methyl sites for hydroxylation is 1. The van der Waals surface area contributed by atoms with E-state index in [1.165, 1.54) is 0 Å². The predicted octanol–water partition coefficient (Wildman–Crippen LogP) is 4.44. The number of rotatable bonds is 7. The number of amides is 1. The number of halogens is 1. The Morgan fingerprint density at radius 2 is 1.92 bits per heavy atom. The largest absolute Gasteiger partial charge is 0.337 e. The van der Waals surface area contributed by atoms with Crippen LogP contribution in [0.25, 0.3) is 0 Å². The molecule has 0 atom stereocenters. The van der Waals surface area contributed by atoms with Crippen LogP contribution in [0, 0.1) is 6.92 Å². The Balaban J connectivity index is 2.21. The summed E-state index contributed by atoms with van der Waals surface area (Å²) in [6, 6.07) is 7.21. The number of aromatic nitrogens is 2. The van der Waals surface area contributed by atoms with E-state index < -0.39 is 0 Å². The van der Waals surface area contributed by atoms with E-state index in [2.05, 4.69) is 29.1 Å². The van der Waals surface area contributed by atoms with Gasteiger partial charge in [0.05, 0.1) is 0 Å². The molecule has 1 aromatic heterocycles. The van der Waals surface area contributed by atoms with Gasteiger partial charge in [-0.15, -0.1) is 0 Å². The fourth-order valence-corrected chi connectivity index (χ4v) is 2.58. The predicted molar refractivity (Wildman–Crippen MR) is 98.0 cm³/mol. The van der Waals surface area contributed by atoms with Gasteiger partial charge in [-0.05, 0) is 43.5 Å². The highest BCUT2D eigenvalue weighted by Crippen LogP contribution is 2.22. The molecular formula is C18H23ClN4O. The number of nitrogens with one attached hydrogen (secondary N) is 1. The lowest BCUT2D eigenvalue weighted by molar-refractivity contribution is 0.0749. The molecule has 128 valence electrons. The summed E-state index contributed by atoms with van der Waals surface area (Å²) in [6.45, 7) is 7.55. The smallest absolute Gasteiger partial charge is 0.272 e. The fraction of sp³-hybridized carbons (Fsp3) is 0.389. The monoisotopic (exact) mass is 346 g/mol. The number of anilines is 2. The van der Waals surface area contributed by atoms with Crippen molar-refractivity contribution in [3.8, 4) is 0 Å². The Kier molecular flexibility index (Phi) is 6.55. The lowest BCUT2D eigenvalue weighted by Gasteiger charge is -2.21. The highest BCUT2D eigenvalue weighted by molar-refractivity contribution is 6.30. The number of nitrogens with zero attached hydrogens (tertiary/aromatic N) is 3. The Labute approximate surface area is 148 Å². The Bertz CT molecular complexity index is 699. The van der Waals surface area contributed by atoms with Crippen molar-refractivity contribution < 1.29 is 4.79 Å². The van der Waals surface area contributed by atoms with Crippen molar-refractivity contribution in [2.45, 2.75) is 33.6 Å². The van der Waals surface area contributed by atoms with E-state index in [1.807, 2.05) is 30.0 Å². The maximum absolute atomic E-state index is 12.6. The molecule has 1 N–H and O–H groups in total. The number of carbonyl (C=O) groups is 1. The van der Waals surface area contributed by atoms with Crippen molar-refractivity contribution in [1.82, 2.24) is 14.9 Å². The molecule has 0 bridgehead atoms. The summed E-state index contributed by atoms with van der Waals surface area (Å²) in [4.78, 5) is 23.0. The molecule has 1 amide bonds. The van der Waals surface area contributed by atoms with Gasteiger partial charge in [0, 0.05) is 30.0 Å². The molecule has 0 aliphatic carbocycles.